The molecule has 0 aromatic heterocycles. The van der Waals surface area contributed by atoms with E-state index >= 15 is 0 Å². The van der Waals surface area contributed by atoms with E-state index in [1.165, 1.54) is 28.6 Å². The molecule has 0 radical (unpaired) electrons. The second-order valence-electron chi connectivity index (χ2n) is 5.67. The first-order chi connectivity index (χ1) is 11.9. The molecule has 0 atom stereocenters. The van der Waals surface area contributed by atoms with Crippen molar-refractivity contribution in [2.45, 2.75) is 18.2 Å². The van der Waals surface area contributed by atoms with Crippen LogP contribution >= 0.6 is 0 Å². The Bertz CT molecular complexity index is 709. The van der Waals surface area contributed by atoms with Gasteiger partial charge in [-0.3, -0.25) is 4.79 Å². The predicted molar refractivity (Wildman–Crippen MR) is 89.9 cm³/mol. The Morgan fingerprint density at radius 2 is 1.72 bits per heavy atom. The minimum Gasteiger partial charge on any atom is -0.478 e. The molecular formula is C16H22N2O6S. The summed E-state index contributed by atoms with van der Waals surface area (Å²) in [5, 5.41) is 8.88. The predicted octanol–water partition coefficient (Wildman–Crippen LogP) is 0.644. The first-order valence-corrected chi connectivity index (χ1v) is 9.49. The first-order valence-electron chi connectivity index (χ1n) is 8.05. The van der Waals surface area contributed by atoms with Gasteiger partial charge in [-0.05, 0) is 30.7 Å². The molecule has 0 spiro atoms. The van der Waals surface area contributed by atoms with Gasteiger partial charge in [0.25, 0.3) is 0 Å². The molecule has 0 unspecified atom stereocenters. The summed E-state index contributed by atoms with van der Waals surface area (Å²) < 4.78 is 31.7. The highest BCUT2D eigenvalue weighted by molar-refractivity contribution is 7.89. The van der Waals surface area contributed by atoms with Crippen molar-refractivity contribution in [3.63, 3.8) is 0 Å². The van der Waals surface area contributed by atoms with Crippen LogP contribution in [0.15, 0.2) is 29.2 Å². The van der Waals surface area contributed by atoms with Crippen molar-refractivity contribution in [2.24, 2.45) is 0 Å². The lowest BCUT2D eigenvalue weighted by molar-refractivity contribution is -0.137. The van der Waals surface area contributed by atoms with Gasteiger partial charge in [-0.25, -0.2) is 13.2 Å². The van der Waals surface area contributed by atoms with Crippen LogP contribution in [0.4, 0.5) is 0 Å². The van der Waals surface area contributed by atoms with Gasteiger partial charge >= 0.3 is 5.97 Å². The van der Waals surface area contributed by atoms with Crippen LogP contribution in [0.25, 0.3) is 0 Å². The smallest absolute Gasteiger partial charge is 0.335 e. The Morgan fingerprint density at radius 1 is 1.12 bits per heavy atom. The Hall–Kier alpha value is -1.97. The lowest BCUT2D eigenvalue weighted by Crippen LogP contribution is -2.51. The van der Waals surface area contributed by atoms with E-state index in [9.17, 15) is 18.0 Å². The van der Waals surface area contributed by atoms with Gasteiger partial charge < -0.3 is 14.7 Å². The molecule has 0 saturated carbocycles. The Kier molecular flexibility index (Phi) is 6.51. The maximum absolute atomic E-state index is 12.6. The summed E-state index contributed by atoms with van der Waals surface area (Å²) in [6, 6.07) is 5.10. The fraction of sp³-hybridized carbons (Fsp3) is 0.500. The number of hydrogen-bond acceptors (Lipinski definition) is 5. The summed E-state index contributed by atoms with van der Waals surface area (Å²) in [5.41, 5.74) is 0.0291. The quantitative estimate of drug-likeness (QED) is 0.707. The number of nitrogens with zero attached hydrogens (tertiary/aromatic N) is 2. The van der Waals surface area contributed by atoms with Crippen molar-refractivity contribution in [1.82, 2.24) is 9.21 Å². The number of hydrogen-bond donors (Lipinski definition) is 1. The van der Waals surface area contributed by atoms with Gasteiger partial charge in [-0.15, -0.1) is 0 Å². The van der Waals surface area contributed by atoms with E-state index in [1.807, 2.05) is 6.92 Å². The highest BCUT2D eigenvalue weighted by Crippen LogP contribution is 2.18. The number of carbonyl (C=O) groups is 2. The molecule has 0 bridgehead atoms. The van der Waals surface area contributed by atoms with E-state index in [-0.39, 0.29) is 36.1 Å². The molecule has 9 heteroatoms. The number of carbonyl (C=O) groups excluding carboxylic acids is 1. The fourth-order valence-corrected chi connectivity index (χ4v) is 3.91. The summed E-state index contributed by atoms with van der Waals surface area (Å²) in [6.07, 6.45) is 0.833. The molecular weight excluding hydrogens is 348 g/mol. The Balaban J connectivity index is 1.96. The minimum atomic E-state index is -3.70. The second-order valence-corrected chi connectivity index (χ2v) is 7.60. The zero-order chi connectivity index (χ0) is 18.4. The van der Waals surface area contributed by atoms with E-state index in [1.54, 1.807) is 4.90 Å². The second kappa shape index (κ2) is 8.41. The van der Waals surface area contributed by atoms with Crippen molar-refractivity contribution in [3.05, 3.63) is 29.8 Å². The largest absolute Gasteiger partial charge is 0.478 e. The lowest BCUT2D eigenvalue weighted by Gasteiger charge is -2.34. The summed E-state index contributed by atoms with van der Waals surface area (Å²) in [7, 11) is -3.70. The number of sulfonamides is 1. The lowest BCUT2D eigenvalue weighted by atomic mass is 10.2. The first kappa shape index (κ1) is 19.4. The summed E-state index contributed by atoms with van der Waals surface area (Å²) in [6.45, 7) is 3.49. The van der Waals surface area contributed by atoms with Crippen molar-refractivity contribution < 1.29 is 27.9 Å². The van der Waals surface area contributed by atoms with Crippen LogP contribution in [0.5, 0.6) is 0 Å². The number of carboxylic acids is 1. The van der Waals surface area contributed by atoms with Crippen LogP contribution in [0, 0.1) is 0 Å². The van der Waals surface area contributed by atoms with Crippen molar-refractivity contribution >= 4 is 21.9 Å². The zero-order valence-corrected chi connectivity index (χ0v) is 14.9. The maximum Gasteiger partial charge on any atom is 0.335 e. The topological polar surface area (TPSA) is 104 Å². The SMILES string of the molecule is CCCOCC(=O)N1CCN(S(=O)(=O)c2ccc(C(=O)O)cc2)CC1. The van der Waals surface area contributed by atoms with Gasteiger partial charge in [0.05, 0.1) is 10.5 Å². The van der Waals surface area contributed by atoms with Gasteiger partial charge in [0, 0.05) is 32.8 Å². The molecule has 1 aliphatic rings. The monoisotopic (exact) mass is 370 g/mol. The fourth-order valence-electron chi connectivity index (χ4n) is 2.49. The van der Waals surface area contributed by atoms with Gasteiger partial charge in [-0.1, -0.05) is 6.92 Å². The molecule has 138 valence electrons. The third-order valence-electron chi connectivity index (χ3n) is 3.90. The van der Waals surface area contributed by atoms with E-state index in [0.29, 0.717) is 19.7 Å². The molecule has 8 nitrogen and oxygen atoms in total. The average molecular weight is 370 g/mol. The van der Waals surface area contributed by atoms with E-state index < -0.39 is 16.0 Å². The molecule has 1 aliphatic heterocycles. The molecule has 1 saturated heterocycles. The van der Waals surface area contributed by atoms with Crippen LogP contribution < -0.4 is 0 Å². The Morgan fingerprint density at radius 3 is 2.24 bits per heavy atom. The zero-order valence-electron chi connectivity index (χ0n) is 14.1. The highest BCUT2D eigenvalue weighted by atomic mass is 32.2. The maximum atomic E-state index is 12.6. The van der Waals surface area contributed by atoms with Crippen LogP contribution in [0.3, 0.4) is 0 Å². The van der Waals surface area contributed by atoms with Crippen LogP contribution in [-0.2, 0) is 19.6 Å². The highest BCUT2D eigenvalue weighted by Gasteiger charge is 2.30. The number of aromatic carboxylic acids is 1. The molecule has 25 heavy (non-hydrogen) atoms. The third kappa shape index (κ3) is 4.77. The van der Waals surface area contributed by atoms with Crippen molar-refractivity contribution in [1.29, 1.82) is 0 Å². The average Bonchev–Trinajstić information content (AvgIpc) is 2.62. The molecule has 1 amide bonds. The molecule has 0 aliphatic carbocycles. The van der Waals surface area contributed by atoms with Gasteiger partial charge in [0.1, 0.15) is 6.61 Å². The molecule has 1 fully saturated rings. The summed E-state index contributed by atoms with van der Waals surface area (Å²) in [4.78, 5) is 24.5. The molecule has 1 aromatic rings. The number of rotatable bonds is 7. The number of ether oxygens (including phenoxy) is 1. The molecule has 2 rings (SSSR count). The standard InChI is InChI=1S/C16H22N2O6S/c1-2-11-24-12-15(19)17-7-9-18(10-8-17)25(22,23)14-5-3-13(4-6-14)16(20)21/h3-6H,2,7-12H2,1H3,(H,20,21). The summed E-state index contributed by atoms with van der Waals surface area (Å²) >= 11 is 0. The van der Waals surface area contributed by atoms with Gasteiger partial charge in [-0.2, -0.15) is 4.31 Å². The van der Waals surface area contributed by atoms with Gasteiger partial charge in [0.15, 0.2) is 0 Å². The van der Waals surface area contributed by atoms with Crippen LogP contribution in [0.1, 0.15) is 23.7 Å². The Labute approximate surface area is 147 Å². The molecule has 1 heterocycles. The number of carboxylic acid groups (broad SMARTS) is 1. The van der Waals surface area contributed by atoms with Gasteiger partial charge in [0.2, 0.25) is 15.9 Å². The molecule has 1 N–H and O–H groups in total. The number of amides is 1. The van der Waals surface area contributed by atoms with Crippen LogP contribution in [-0.4, -0.2) is 74.0 Å². The molecule has 1 aromatic carbocycles. The third-order valence-corrected chi connectivity index (χ3v) is 5.82. The van der Waals surface area contributed by atoms with E-state index in [0.717, 1.165) is 6.42 Å². The van der Waals surface area contributed by atoms with Crippen molar-refractivity contribution in [2.75, 3.05) is 39.4 Å². The number of benzene rings is 1. The van der Waals surface area contributed by atoms with Crippen LogP contribution in [0.2, 0.25) is 0 Å². The normalized spacial score (nSPS) is 16.0. The number of piperazine rings is 1. The van der Waals surface area contributed by atoms with E-state index in [4.69, 9.17) is 9.84 Å². The minimum absolute atomic E-state index is 0.0112. The van der Waals surface area contributed by atoms with E-state index in [2.05, 4.69) is 0 Å². The van der Waals surface area contributed by atoms with Crippen molar-refractivity contribution in [3.8, 4) is 0 Å². The summed E-state index contributed by atoms with van der Waals surface area (Å²) in [5.74, 6) is -1.25.